The maximum atomic E-state index is 11.6. The van der Waals surface area contributed by atoms with Gasteiger partial charge in [0.2, 0.25) is 0 Å². The van der Waals surface area contributed by atoms with Crippen LogP contribution in [0.5, 0.6) is 0 Å². The van der Waals surface area contributed by atoms with Crippen LogP contribution in [-0.4, -0.2) is 35.2 Å². The largest absolute Gasteiger partial charge is 0.481 e. The molecule has 0 saturated heterocycles. The summed E-state index contributed by atoms with van der Waals surface area (Å²) in [6.07, 6.45) is 2.67. The van der Waals surface area contributed by atoms with Crippen molar-refractivity contribution in [1.29, 1.82) is 0 Å². The molecule has 1 aromatic heterocycles. The minimum Gasteiger partial charge on any atom is -0.481 e. The van der Waals surface area contributed by atoms with Crippen LogP contribution >= 0.6 is 0 Å². The molecule has 3 N–H and O–H groups in total. The molecular formula is C19H22N4O3. The molecule has 0 fully saturated rings. The zero-order valence-electron chi connectivity index (χ0n) is 14.4. The van der Waals surface area contributed by atoms with Crippen molar-refractivity contribution in [1.82, 2.24) is 15.6 Å². The predicted octanol–water partition coefficient (Wildman–Crippen LogP) is 1.92. The number of amides is 2. The number of aliphatic carboxylic acids is 1. The minimum absolute atomic E-state index is 0.0946. The summed E-state index contributed by atoms with van der Waals surface area (Å²) < 4.78 is 0. The third-order valence-corrected chi connectivity index (χ3v) is 4.34. The van der Waals surface area contributed by atoms with Crippen molar-refractivity contribution in [2.24, 2.45) is 0 Å². The number of carbonyl (C=O) groups is 2. The maximum absolute atomic E-state index is 11.6. The van der Waals surface area contributed by atoms with Crippen molar-refractivity contribution in [3.8, 4) is 0 Å². The Hall–Kier alpha value is -3.09. The molecular weight excluding hydrogens is 332 g/mol. The van der Waals surface area contributed by atoms with Crippen molar-refractivity contribution in [3.05, 3.63) is 59.3 Å². The van der Waals surface area contributed by atoms with Gasteiger partial charge in [0.1, 0.15) is 5.82 Å². The number of nitrogens with one attached hydrogen (secondary N) is 2. The number of aromatic nitrogens is 1. The van der Waals surface area contributed by atoms with E-state index in [-0.39, 0.29) is 19.0 Å². The van der Waals surface area contributed by atoms with Crippen LogP contribution in [0.1, 0.15) is 23.1 Å². The summed E-state index contributed by atoms with van der Waals surface area (Å²) in [6, 6.07) is 12.0. The van der Waals surface area contributed by atoms with Crippen LogP contribution in [0.3, 0.4) is 0 Å². The molecule has 2 aromatic rings. The Morgan fingerprint density at radius 3 is 2.65 bits per heavy atom. The topological polar surface area (TPSA) is 94.6 Å². The normalized spacial score (nSPS) is 13.0. The lowest BCUT2D eigenvalue weighted by Crippen LogP contribution is -2.36. The van der Waals surface area contributed by atoms with Crippen LogP contribution in [0, 0.1) is 0 Å². The van der Waals surface area contributed by atoms with Gasteiger partial charge in [-0.15, -0.1) is 0 Å². The fourth-order valence-corrected chi connectivity index (χ4v) is 2.93. The van der Waals surface area contributed by atoms with Gasteiger partial charge in [-0.1, -0.05) is 30.3 Å². The first-order valence-electron chi connectivity index (χ1n) is 8.62. The Labute approximate surface area is 152 Å². The molecule has 7 nitrogen and oxygen atoms in total. The Balaban J connectivity index is 1.50. The Kier molecular flexibility index (Phi) is 5.68. The molecule has 7 heteroatoms. The van der Waals surface area contributed by atoms with E-state index in [1.807, 2.05) is 12.1 Å². The summed E-state index contributed by atoms with van der Waals surface area (Å²) in [5, 5.41) is 13.7. The van der Waals surface area contributed by atoms with Gasteiger partial charge in [0.05, 0.1) is 6.42 Å². The van der Waals surface area contributed by atoms with Crippen LogP contribution < -0.4 is 15.5 Å². The maximum Gasteiger partial charge on any atom is 0.315 e. The second-order valence-corrected chi connectivity index (χ2v) is 6.22. The van der Waals surface area contributed by atoms with E-state index in [1.165, 1.54) is 11.1 Å². The molecule has 1 aliphatic rings. The molecule has 1 aromatic carbocycles. The van der Waals surface area contributed by atoms with E-state index >= 15 is 0 Å². The number of fused-ring (bicyclic) bond motifs is 1. The molecule has 26 heavy (non-hydrogen) atoms. The van der Waals surface area contributed by atoms with Crippen LogP contribution in [-0.2, 0) is 24.3 Å². The molecule has 0 radical (unpaired) electrons. The van der Waals surface area contributed by atoms with Gasteiger partial charge in [0, 0.05) is 32.4 Å². The number of pyridine rings is 1. The Morgan fingerprint density at radius 2 is 1.92 bits per heavy atom. The van der Waals surface area contributed by atoms with Crippen molar-refractivity contribution < 1.29 is 14.7 Å². The van der Waals surface area contributed by atoms with E-state index in [0.29, 0.717) is 6.54 Å². The lowest BCUT2D eigenvalue weighted by molar-refractivity contribution is -0.136. The molecule has 1 aliphatic heterocycles. The number of carboxylic acid groups (broad SMARTS) is 1. The van der Waals surface area contributed by atoms with Crippen LogP contribution in [0.15, 0.2) is 42.6 Å². The fourth-order valence-electron chi connectivity index (χ4n) is 2.93. The number of hydrogen-bond donors (Lipinski definition) is 3. The summed E-state index contributed by atoms with van der Waals surface area (Å²) in [6.45, 7) is 2.24. The van der Waals surface area contributed by atoms with Crippen LogP contribution in [0.2, 0.25) is 0 Å². The SMILES string of the molecule is O=C(O)CCNC(=O)NCc1ccc(N2CCc3ccccc3C2)nc1. The molecule has 0 saturated carbocycles. The van der Waals surface area contributed by atoms with Gasteiger partial charge >= 0.3 is 12.0 Å². The lowest BCUT2D eigenvalue weighted by Gasteiger charge is -2.29. The highest BCUT2D eigenvalue weighted by molar-refractivity contribution is 5.74. The highest BCUT2D eigenvalue weighted by Gasteiger charge is 2.16. The number of carboxylic acids is 1. The van der Waals surface area contributed by atoms with Crippen LogP contribution in [0.4, 0.5) is 10.6 Å². The van der Waals surface area contributed by atoms with Crippen molar-refractivity contribution in [2.45, 2.75) is 25.9 Å². The number of anilines is 1. The van der Waals surface area contributed by atoms with E-state index < -0.39 is 5.97 Å². The average molecular weight is 354 g/mol. The van der Waals surface area contributed by atoms with Crippen molar-refractivity contribution in [3.63, 3.8) is 0 Å². The summed E-state index contributed by atoms with van der Waals surface area (Å²) in [7, 11) is 0. The smallest absolute Gasteiger partial charge is 0.315 e. The van der Waals surface area contributed by atoms with Gasteiger partial charge in [0.15, 0.2) is 0 Å². The molecule has 2 heterocycles. The number of rotatable bonds is 6. The average Bonchev–Trinajstić information content (AvgIpc) is 2.66. The van der Waals surface area contributed by atoms with Gasteiger partial charge in [-0.2, -0.15) is 0 Å². The molecule has 0 aliphatic carbocycles. The number of hydrogen-bond acceptors (Lipinski definition) is 4. The zero-order valence-corrected chi connectivity index (χ0v) is 14.4. The van der Waals surface area contributed by atoms with E-state index in [2.05, 4.69) is 44.8 Å². The van der Waals surface area contributed by atoms with E-state index in [0.717, 1.165) is 30.9 Å². The predicted molar refractivity (Wildman–Crippen MR) is 97.9 cm³/mol. The summed E-state index contributed by atoms with van der Waals surface area (Å²) in [5.41, 5.74) is 3.63. The molecule has 0 unspecified atom stereocenters. The minimum atomic E-state index is -0.939. The highest BCUT2D eigenvalue weighted by atomic mass is 16.4. The van der Waals surface area contributed by atoms with Crippen molar-refractivity contribution >= 4 is 17.8 Å². The summed E-state index contributed by atoms with van der Waals surface area (Å²) in [5.74, 6) is -0.0143. The number of benzene rings is 1. The lowest BCUT2D eigenvalue weighted by atomic mass is 10.00. The van der Waals surface area contributed by atoms with Crippen LogP contribution in [0.25, 0.3) is 0 Å². The Morgan fingerprint density at radius 1 is 1.12 bits per heavy atom. The summed E-state index contributed by atoms with van der Waals surface area (Å²) >= 11 is 0. The molecule has 0 atom stereocenters. The van der Waals surface area contributed by atoms with Gasteiger partial charge < -0.3 is 20.6 Å². The summed E-state index contributed by atoms with van der Waals surface area (Å²) in [4.78, 5) is 28.8. The fraction of sp³-hybridized carbons (Fsp3) is 0.316. The van der Waals surface area contributed by atoms with Crippen molar-refractivity contribution in [2.75, 3.05) is 18.0 Å². The second-order valence-electron chi connectivity index (χ2n) is 6.22. The van der Waals surface area contributed by atoms with Gasteiger partial charge in [-0.25, -0.2) is 9.78 Å². The standard InChI is InChI=1S/C19H22N4O3/c24-18(25)7-9-20-19(26)22-12-14-5-6-17(21-11-14)23-10-8-15-3-1-2-4-16(15)13-23/h1-6,11H,7-10,12-13H2,(H,24,25)(H2,20,22,26). The molecule has 2 amide bonds. The third kappa shape index (κ3) is 4.72. The number of urea groups is 1. The van der Waals surface area contributed by atoms with Gasteiger partial charge in [0.25, 0.3) is 0 Å². The van der Waals surface area contributed by atoms with Gasteiger partial charge in [-0.05, 0) is 29.2 Å². The number of nitrogens with zero attached hydrogens (tertiary/aromatic N) is 2. The molecule has 0 bridgehead atoms. The first kappa shape index (κ1) is 17.7. The zero-order chi connectivity index (χ0) is 18.4. The molecule has 136 valence electrons. The second kappa shape index (κ2) is 8.33. The first-order valence-corrected chi connectivity index (χ1v) is 8.62. The van der Waals surface area contributed by atoms with Gasteiger partial charge in [-0.3, -0.25) is 4.79 Å². The van der Waals surface area contributed by atoms with E-state index in [9.17, 15) is 9.59 Å². The Bertz CT molecular complexity index is 777. The van der Waals surface area contributed by atoms with E-state index in [4.69, 9.17) is 5.11 Å². The number of carbonyl (C=O) groups excluding carboxylic acids is 1. The highest BCUT2D eigenvalue weighted by Crippen LogP contribution is 2.22. The van der Waals surface area contributed by atoms with E-state index in [1.54, 1.807) is 6.20 Å². The quantitative estimate of drug-likeness (QED) is 0.737. The monoisotopic (exact) mass is 354 g/mol. The molecule has 3 rings (SSSR count). The third-order valence-electron chi connectivity index (χ3n) is 4.34. The first-order chi connectivity index (χ1) is 12.6. The molecule has 0 spiro atoms.